The van der Waals surface area contributed by atoms with E-state index in [0.717, 1.165) is 66.2 Å². The molecule has 1 unspecified atom stereocenters. The van der Waals surface area contributed by atoms with Crippen molar-refractivity contribution in [3.05, 3.63) is 82.2 Å². The van der Waals surface area contributed by atoms with Gasteiger partial charge >= 0.3 is 0 Å². The molecule has 7 N–H and O–H groups in total. The Kier molecular flexibility index (Phi) is 10.6. The zero-order valence-corrected chi connectivity index (χ0v) is 27.2. The molecule has 0 bridgehead atoms. The molecule has 3 aromatic rings. The number of carbonyl (C=O) groups is 1. The average Bonchev–Trinajstić information content (AvgIpc) is 3.43. The minimum atomic E-state index is -0.762. The molecular weight excluding hydrogens is 552 g/mol. The second-order valence-corrected chi connectivity index (χ2v) is 12.7. The van der Waals surface area contributed by atoms with Crippen molar-refractivity contribution < 1.29 is 15.7 Å². The molecule has 2 aliphatic rings. The number of amides is 1. The summed E-state index contributed by atoms with van der Waals surface area (Å²) in [4.78, 5) is 20.8. The van der Waals surface area contributed by atoms with Crippen molar-refractivity contribution in [2.24, 2.45) is 5.41 Å². The maximum atomic E-state index is 14.0. The first-order chi connectivity index (χ1) is 20.6. The Bertz CT molecular complexity index is 1460. The van der Waals surface area contributed by atoms with Gasteiger partial charge in [-0.15, -0.1) is 0 Å². The van der Waals surface area contributed by atoms with Crippen molar-refractivity contribution in [2.75, 3.05) is 37.9 Å². The summed E-state index contributed by atoms with van der Waals surface area (Å²) >= 11 is 0. The molecular formula is C35H52N6O3. The van der Waals surface area contributed by atoms with Gasteiger partial charge in [-0.3, -0.25) is 14.7 Å². The summed E-state index contributed by atoms with van der Waals surface area (Å²) in [6.07, 6.45) is 5.58. The third-order valence-electron chi connectivity index (χ3n) is 9.27. The maximum Gasteiger partial charge on any atom is 0.226 e. The summed E-state index contributed by atoms with van der Waals surface area (Å²) in [5, 5.41) is 6.48. The van der Waals surface area contributed by atoms with Crippen LogP contribution in [-0.2, 0) is 22.6 Å². The number of rotatable bonds is 9. The number of anilines is 2. The van der Waals surface area contributed by atoms with Gasteiger partial charge in [-0.1, -0.05) is 45.0 Å². The van der Waals surface area contributed by atoms with E-state index in [2.05, 4.69) is 65.6 Å². The molecule has 240 valence electrons. The predicted molar refractivity (Wildman–Crippen MR) is 180 cm³/mol. The standard InChI is InChI=1S/C35H47N5O3.H3N.H2/c1-7-28-20-40(19-26-17-38-14-12-31(26)43-28)18-25-16-24(9-8-22(25)2)32(29-10-11-30(37-6)33(36)23(29)3)35(4,5)34(41)39-27-13-15-42-21-27;;/h8-12,14,16-17,27-28,32,37H,7,13,15,18-21,36H2,1-6H3,(H,39,41);1H3;1H/t27?,28-,32+;;/m1../s1. The number of nitrogens with zero attached hydrogens (tertiary/aromatic N) is 2. The van der Waals surface area contributed by atoms with Gasteiger partial charge in [-0.05, 0) is 66.6 Å². The number of aryl methyl sites for hydroxylation is 1. The molecule has 0 spiro atoms. The lowest BCUT2D eigenvalue weighted by atomic mass is 9.69. The number of carbonyl (C=O) groups excluding carboxylic acids is 1. The Balaban J connectivity index is 0.00000276. The van der Waals surface area contributed by atoms with Crippen LogP contribution in [0.2, 0.25) is 0 Å². The third kappa shape index (κ3) is 6.85. The zero-order chi connectivity index (χ0) is 30.7. The first kappa shape index (κ1) is 33.2. The Morgan fingerprint density at radius 3 is 2.73 bits per heavy atom. The van der Waals surface area contributed by atoms with Gasteiger partial charge < -0.3 is 32.0 Å². The Morgan fingerprint density at radius 1 is 1.23 bits per heavy atom. The van der Waals surface area contributed by atoms with Gasteiger partial charge in [0.25, 0.3) is 0 Å². The van der Waals surface area contributed by atoms with Crippen LogP contribution in [0.4, 0.5) is 11.4 Å². The highest BCUT2D eigenvalue weighted by molar-refractivity contribution is 5.85. The molecule has 0 aliphatic carbocycles. The van der Waals surface area contributed by atoms with Crippen molar-refractivity contribution >= 4 is 17.3 Å². The Morgan fingerprint density at radius 2 is 2.02 bits per heavy atom. The first-order valence-corrected chi connectivity index (χ1v) is 15.5. The van der Waals surface area contributed by atoms with E-state index in [9.17, 15) is 4.79 Å². The van der Waals surface area contributed by atoms with Crippen molar-refractivity contribution in [3.8, 4) is 5.75 Å². The molecule has 2 aliphatic heterocycles. The van der Waals surface area contributed by atoms with E-state index in [1.807, 2.05) is 39.2 Å². The van der Waals surface area contributed by atoms with Gasteiger partial charge in [0.05, 0.1) is 29.4 Å². The molecule has 9 heteroatoms. The fourth-order valence-electron chi connectivity index (χ4n) is 6.49. The molecule has 1 fully saturated rings. The first-order valence-electron chi connectivity index (χ1n) is 15.5. The van der Waals surface area contributed by atoms with Gasteiger partial charge in [-0.2, -0.15) is 0 Å². The lowest BCUT2D eigenvalue weighted by molar-refractivity contribution is -0.130. The summed E-state index contributed by atoms with van der Waals surface area (Å²) in [5.74, 6) is 0.724. The lowest BCUT2D eigenvalue weighted by Crippen LogP contribution is -2.46. The average molecular weight is 605 g/mol. The van der Waals surface area contributed by atoms with Crippen LogP contribution in [0.1, 0.15) is 74.3 Å². The van der Waals surface area contributed by atoms with Gasteiger partial charge in [0.15, 0.2) is 0 Å². The fourth-order valence-corrected chi connectivity index (χ4v) is 6.49. The van der Waals surface area contributed by atoms with Crippen LogP contribution >= 0.6 is 0 Å². The quantitative estimate of drug-likeness (QED) is 0.219. The molecule has 3 heterocycles. The third-order valence-corrected chi connectivity index (χ3v) is 9.27. The molecule has 5 rings (SSSR count). The molecule has 0 radical (unpaired) electrons. The summed E-state index contributed by atoms with van der Waals surface area (Å²) in [6.45, 7) is 14.1. The molecule has 1 aromatic heterocycles. The predicted octanol–water partition coefficient (Wildman–Crippen LogP) is 5.97. The van der Waals surface area contributed by atoms with Gasteiger partial charge in [0, 0.05) is 58.6 Å². The SMILES string of the molecule is CC[C@@H]1CN(Cc2cc([C@@H](c3ccc(NC)c(N)c3C)C(C)(C)C(=O)NC3CCOC3)ccc2C)Cc2cnccc2O1.N.[HH]. The van der Waals surface area contributed by atoms with Crippen molar-refractivity contribution in [1.29, 1.82) is 0 Å². The minimum absolute atomic E-state index is 0. The fraction of sp³-hybridized carbons (Fsp3) is 0.486. The number of hydrogen-bond acceptors (Lipinski definition) is 8. The second-order valence-electron chi connectivity index (χ2n) is 12.7. The van der Waals surface area contributed by atoms with Gasteiger partial charge in [0.1, 0.15) is 11.9 Å². The van der Waals surface area contributed by atoms with Gasteiger partial charge in [-0.25, -0.2) is 0 Å². The lowest BCUT2D eigenvalue weighted by Gasteiger charge is -2.36. The molecule has 0 saturated carbocycles. The van der Waals surface area contributed by atoms with E-state index in [0.29, 0.717) is 18.9 Å². The Labute approximate surface area is 264 Å². The van der Waals surface area contributed by atoms with Crippen LogP contribution in [-0.4, -0.2) is 54.7 Å². The summed E-state index contributed by atoms with van der Waals surface area (Å²) in [5.41, 5.74) is 14.2. The van der Waals surface area contributed by atoms with Crippen LogP contribution in [0.5, 0.6) is 5.75 Å². The smallest absolute Gasteiger partial charge is 0.226 e. The van der Waals surface area contributed by atoms with Crippen LogP contribution in [0.25, 0.3) is 0 Å². The van der Waals surface area contributed by atoms with Crippen molar-refractivity contribution in [2.45, 2.75) is 78.6 Å². The number of aromatic nitrogens is 1. The van der Waals surface area contributed by atoms with Crippen LogP contribution in [0, 0.1) is 19.3 Å². The number of pyridine rings is 1. The molecule has 44 heavy (non-hydrogen) atoms. The van der Waals surface area contributed by atoms with Crippen LogP contribution in [0.3, 0.4) is 0 Å². The maximum absolute atomic E-state index is 14.0. The van der Waals surface area contributed by atoms with Crippen LogP contribution in [0.15, 0.2) is 48.8 Å². The van der Waals surface area contributed by atoms with Crippen molar-refractivity contribution in [3.63, 3.8) is 0 Å². The molecule has 3 atom stereocenters. The molecule has 2 aromatic carbocycles. The minimum Gasteiger partial charge on any atom is -0.489 e. The Hall–Kier alpha value is -3.66. The second kappa shape index (κ2) is 14.0. The van der Waals surface area contributed by atoms with Gasteiger partial charge in [0.2, 0.25) is 5.91 Å². The topological polar surface area (TPSA) is 137 Å². The highest BCUT2D eigenvalue weighted by Crippen LogP contribution is 2.45. The summed E-state index contributed by atoms with van der Waals surface area (Å²) in [6, 6.07) is 12.8. The number of nitrogen functional groups attached to an aromatic ring is 1. The monoisotopic (exact) mass is 604 g/mol. The number of ether oxygens (including phenoxy) is 2. The van der Waals surface area contributed by atoms with E-state index in [4.69, 9.17) is 15.2 Å². The van der Waals surface area contributed by atoms with Crippen LogP contribution < -0.4 is 27.3 Å². The largest absolute Gasteiger partial charge is 0.489 e. The molecule has 1 amide bonds. The van der Waals surface area contributed by atoms with E-state index >= 15 is 0 Å². The number of nitrogens with two attached hydrogens (primary N) is 1. The molecule has 1 saturated heterocycles. The van der Waals surface area contributed by atoms with E-state index in [1.54, 1.807) is 6.20 Å². The van der Waals surface area contributed by atoms with E-state index < -0.39 is 5.41 Å². The highest BCUT2D eigenvalue weighted by atomic mass is 16.5. The number of fused-ring (bicyclic) bond motifs is 1. The number of hydrogen-bond donors (Lipinski definition) is 4. The highest BCUT2D eigenvalue weighted by Gasteiger charge is 2.41. The molecule has 9 nitrogen and oxygen atoms in total. The summed E-state index contributed by atoms with van der Waals surface area (Å²) in [7, 11) is 1.88. The number of nitrogens with one attached hydrogen (secondary N) is 2. The normalized spacial score (nSPS) is 19.2. The number of benzene rings is 2. The zero-order valence-electron chi connectivity index (χ0n) is 27.2. The summed E-state index contributed by atoms with van der Waals surface area (Å²) < 4.78 is 11.9. The van der Waals surface area contributed by atoms with Crippen molar-refractivity contribution in [1.82, 2.24) is 21.4 Å². The van der Waals surface area contributed by atoms with E-state index in [-0.39, 0.29) is 31.5 Å². The van der Waals surface area contributed by atoms with E-state index in [1.165, 1.54) is 11.1 Å².